The molecule has 0 bridgehead atoms. The summed E-state index contributed by atoms with van der Waals surface area (Å²) in [6.45, 7) is 1.79. The predicted octanol–water partition coefficient (Wildman–Crippen LogP) is 2.53. The number of carbonyl (C=O) groups is 1. The summed E-state index contributed by atoms with van der Waals surface area (Å²) < 4.78 is 39.1. The van der Waals surface area contributed by atoms with Crippen molar-refractivity contribution in [3.8, 4) is 0 Å². The maximum absolute atomic E-state index is 12.7. The van der Waals surface area contributed by atoms with E-state index in [2.05, 4.69) is 15.1 Å². The third-order valence-corrected chi connectivity index (χ3v) is 3.18. The molecule has 0 saturated heterocycles. The Morgan fingerprint density at radius 3 is 2.61 bits per heavy atom. The average Bonchev–Trinajstić information content (AvgIpc) is 2.73. The van der Waals surface area contributed by atoms with Crippen LogP contribution in [0.5, 0.6) is 0 Å². The minimum Gasteiger partial charge on any atom is -0.332 e. The zero-order valence-corrected chi connectivity index (χ0v) is 13.3. The van der Waals surface area contributed by atoms with Crippen molar-refractivity contribution in [3.63, 3.8) is 0 Å². The first-order valence-corrected chi connectivity index (χ1v) is 7.22. The Morgan fingerprint density at radius 1 is 1.35 bits per heavy atom. The van der Waals surface area contributed by atoms with Crippen LogP contribution in [0, 0.1) is 5.92 Å². The third-order valence-electron chi connectivity index (χ3n) is 2.92. The van der Waals surface area contributed by atoms with Crippen molar-refractivity contribution in [2.75, 3.05) is 13.1 Å². The first-order chi connectivity index (χ1) is 10.7. The van der Waals surface area contributed by atoms with E-state index >= 15 is 0 Å². The summed E-state index contributed by atoms with van der Waals surface area (Å²) in [5.41, 5.74) is 0.551. The molecule has 0 unspecified atom stereocenters. The highest BCUT2D eigenvalue weighted by Crippen LogP contribution is 2.20. The topological polar surface area (TPSA) is 63.9 Å². The molecule has 0 radical (unpaired) electrons. The van der Waals surface area contributed by atoms with Crippen LogP contribution in [0.25, 0.3) is 11.2 Å². The fraction of sp³-hybridized carbons (Fsp3) is 0.538. The van der Waals surface area contributed by atoms with Crippen LogP contribution in [0.3, 0.4) is 0 Å². The van der Waals surface area contributed by atoms with Gasteiger partial charge in [-0.05, 0) is 5.92 Å². The number of hydrogen-bond donors (Lipinski definition) is 0. The fourth-order valence-electron chi connectivity index (χ4n) is 2.12. The Kier molecular flexibility index (Phi) is 5.08. The molecule has 10 heteroatoms. The Hall–Kier alpha value is -1.90. The molecule has 0 fully saturated rings. The fourth-order valence-corrected chi connectivity index (χ4v) is 2.34. The van der Waals surface area contributed by atoms with Crippen molar-refractivity contribution in [1.82, 2.24) is 24.6 Å². The first-order valence-electron chi connectivity index (χ1n) is 6.85. The van der Waals surface area contributed by atoms with Gasteiger partial charge in [0.2, 0.25) is 5.91 Å². The molecule has 0 saturated carbocycles. The Balaban J connectivity index is 2.22. The van der Waals surface area contributed by atoms with E-state index in [0.717, 1.165) is 9.58 Å². The van der Waals surface area contributed by atoms with Crippen LogP contribution in [0.1, 0.15) is 13.8 Å². The number of carbonyl (C=O) groups excluding carboxylic acids is 1. The molecule has 0 spiro atoms. The predicted molar refractivity (Wildman–Crippen MR) is 77.8 cm³/mol. The summed E-state index contributed by atoms with van der Waals surface area (Å²) in [6, 6.07) is 0. The first kappa shape index (κ1) is 17.5. The maximum atomic E-state index is 12.7. The van der Waals surface area contributed by atoms with Gasteiger partial charge in [0.25, 0.3) is 0 Å². The van der Waals surface area contributed by atoms with Gasteiger partial charge in [0.1, 0.15) is 18.6 Å². The van der Waals surface area contributed by atoms with Gasteiger partial charge in [-0.2, -0.15) is 18.3 Å². The lowest BCUT2D eigenvalue weighted by Crippen LogP contribution is -2.42. The largest absolute Gasteiger partial charge is 0.406 e. The van der Waals surface area contributed by atoms with Crippen LogP contribution in [0.2, 0.25) is 5.15 Å². The van der Waals surface area contributed by atoms with E-state index in [1.807, 2.05) is 0 Å². The number of nitrogens with zero attached hydrogens (tertiary/aromatic N) is 5. The molecule has 0 atom stereocenters. The highest BCUT2D eigenvalue weighted by Gasteiger charge is 2.33. The van der Waals surface area contributed by atoms with E-state index in [1.54, 1.807) is 13.8 Å². The lowest BCUT2D eigenvalue weighted by Gasteiger charge is -2.25. The molecule has 0 aromatic carbocycles. The average molecular weight is 350 g/mol. The standard InChI is InChI=1S/C13H15ClF3N5O/c1-8(2)5-21(7-13(15,16)17)9(23)6-22-12-10(11(14)20-22)18-3-4-19-12/h3-4,8H,5-7H2,1-2H3. The van der Waals surface area contributed by atoms with Crippen LogP contribution in [0.4, 0.5) is 13.2 Å². The van der Waals surface area contributed by atoms with Crippen molar-refractivity contribution in [1.29, 1.82) is 0 Å². The van der Waals surface area contributed by atoms with E-state index in [1.165, 1.54) is 12.4 Å². The van der Waals surface area contributed by atoms with Gasteiger partial charge in [-0.15, -0.1) is 0 Å². The minimum atomic E-state index is -4.46. The molecule has 2 rings (SSSR count). The molecule has 6 nitrogen and oxygen atoms in total. The number of alkyl halides is 3. The smallest absolute Gasteiger partial charge is 0.332 e. The summed E-state index contributed by atoms with van der Waals surface area (Å²) in [6.07, 6.45) is -1.66. The normalized spacial score (nSPS) is 12.1. The van der Waals surface area contributed by atoms with Gasteiger partial charge in [0.15, 0.2) is 10.8 Å². The molecule has 0 aliphatic rings. The zero-order chi connectivity index (χ0) is 17.2. The second kappa shape index (κ2) is 6.69. The number of halogens is 4. The second-order valence-corrected chi connectivity index (χ2v) is 5.82. The van der Waals surface area contributed by atoms with Crippen molar-refractivity contribution >= 4 is 28.7 Å². The van der Waals surface area contributed by atoms with E-state index < -0.39 is 18.6 Å². The van der Waals surface area contributed by atoms with Gasteiger partial charge in [-0.25, -0.2) is 14.6 Å². The van der Waals surface area contributed by atoms with Gasteiger partial charge in [-0.3, -0.25) is 4.79 Å². The third kappa shape index (κ3) is 4.54. The molecule has 2 aromatic heterocycles. The molecule has 0 aliphatic heterocycles. The van der Waals surface area contributed by atoms with Gasteiger partial charge in [0.05, 0.1) is 0 Å². The minimum absolute atomic E-state index is 0.00302. The van der Waals surface area contributed by atoms with E-state index in [9.17, 15) is 18.0 Å². The number of rotatable bonds is 5. The molecule has 1 amide bonds. The summed E-state index contributed by atoms with van der Waals surface area (Å²) in [4.78, 5) is 21.0. The Labute approximate surface area is 135 Å². The summed E-state index contributed by atoms with van der Waals surface area (Å²) >= 11 is 5.89. The molecular weight excluding hydrogens is 335 g/mol. The number of aromatic nitrogens is 4. The number of hydrogen-bond acceptors (Lipinski definition) is 4. The van der Waals surface area contributed by atoms with Crippen LogP contribution in [-0.4, -0.2) is 49.8 Å². The van der Waals surface area contributed by atoms with Crippen LogP contribution in [0.15, 0.2) is 12.4 Å². The number of fused-ring (bicyclic) bond motifs is 1. The summed E-state index contributed by atoms with van der Waals surface area (Å²) in [5, 5.41) is 3.96. The number of amides is 1. The molecule has 0 aliphatic carbocycles. The Bertz CT molecular complexity index is 700. The lowest BCUT2D eigenvalue weighted by atomic mass is 10.2. The van der Waals surface area contributed by atoms with Crippen molar-refractivity contribution in [2.24, 2.45) is 5.92 Å². The summed E-state index contributed by atoms with van der Waals surface area (Å²) in [7, 11) is 0. The van der Waals surface area contributed by atoms with Gasteiger partial charge in [-0.1, -0.05) is 25.4 Å². The molecular formula is C13H15ClF3N5O. The molecule has 0 N–H and O–H groups in total. The zero-order valence-electron chi connectivity index (χ0n) is 12.5. The maximum Gasteiger partial charge on any atom is 0.406 e. The second-order valence-electron chi connectivity index (χ2n) is 5.46. The molecule has 2 heterocycles. The van der Waals surface area contributed by atoms with Crippen LogP contribution in [-0.2, 0) is 11.3 Å². The summed E-state index contributed by atoms with van der Waals surface area (Å²) in [5.74, 6) is -0.804. The molecule has 126 valence electrons. The molecule has 23 heavy (non-hydrogen) atoms. The van der Waals surface area contributed by atoms with Gasteiger partial charge < -0.3 is 4.90 Å². The molecule has 2 aromatic rings. The SMILES string of the molecule is CC(C)CN(CC(F)(F)F)C(=O)Cn1nc(Cl)c2nccnc21. The monoisotopic (exact) mass is 349 g/mol. The highest BCUT2D eigenvalue weighted by atomic mass is 35.5. The van der Waals surface area contributed by atoms with E-state index in [0.29, 0.717) is 5.52 Å². The highest BCUT2D eigenvalue weighted by molar-refractivity contribution is 6.33. The van der Waals surface area contributed by atoms with E-state index in [-0.39, 0.29) is 29.8 Å². The lowest BCUT2D eigenvalue weighted by molar-refractivity contribution is -0.162. The van der Waals surface area contributed by atoms with E-state index in [4.69, 9.17) is 11.6 Å². The van der Waals surface area contributed by atoms with Crippen molar-refractivity contribution in [3.05, 3.63) is 17.5 Å². The quantitative estimate of drug-likeness (QED) is 0.832. The van der Waals surface area contributed by atoms with Crippen molar-refractivity contribution < 1.29 is 18.0 Å². The Morgan fingerprint density at radius 2 is 2.00 bits per heavy atom. The van der Waals surface area contributed by atoms with Crippen LogP contribution < -0.4 is 0 Å². The van der Waals surface area contributed by atoms with Gasteiger partial charge in [0, 0.05) is 18.9 Å². The van der Waals surface area contributed by atoms with Gasteiger partial charge >= 0.3 is 6.18 Å². The van der Waals surface area contributed by atoms with Crippen LogP contribution >= 0.6 is 11.6 Å². The van der Waals surface area contributed by atoms with Crippen molar-refractivity contribution in [2.45, 2.75) is 26.6 Å².